The number of aromatic nitrogens is 1. The molecular weight excluding hydrogens is 284 g/mol. The summed E-state index contributed by atoms with van der Waals surface area (Å²) < 4.78 is 1.07. The minimum Gasteiger partial charge on any atom is -0.326 e. The number of nitrogens with zero attached hydrogens (tertiary/aromatic N) is 1. The maximum Gasteiger partial charge on any atom is 0.0279 e. The Balaban J connectivity index is 2.30. The topological polar surface area (TPSA) is 38.9 Å². The van der Waals surface area contributed by atoms with Gasteiger partial charge in [0.15, 0.2) is 0 Å². The fourth-order valence-corrected chi connectivity index (χ4v) is 2.82. The van der Waals surface area contributed by atoms with Gasteiger partial charge in [0.25, 0.3) is 0 Å². The van der Waals surface area contributed by atoms with Crippen LogP contribution in [0.25, 0.3) is 0 Å². The van der Waals surface area contributed by atoms with Crippen molar-refractivity contribution in [3.8, 4) is 0 Å². The van der Waals surface area contributed by atoms with Gasteiger partial charge in [0.1, 0.15) is 0 Å². The van der Waals surface area contributed by atoms with Crippen molar-refractivity contribution in [2.45, 2.75) is 16.3 Å². The molecule has 2 aromatic rings. The molecule has 2 N–H and O–H groups in total. The second kappa shape index (κ2) is 5.48. The van der Waals surface area contributed by atoms with Crippen LogP contribution in [0.3, 0.4) is 0 Å². The first-order chi connectivity index (χ1) is 7.79. The van der Waals surface area contributed by atoms with Gasteiger partial charge >= 0.3 is 0 Å². The Morgan fingerprint density at radius 3 is 2.62 bits per heavy atom. The molecule has 0 saturated carbocycles. The smallest absolute Gasteiger partial charge is 0.0279 e. The van der Waals surface area contributed by atoms with E-state index < -0.39 is 0 Å². The summed E-state index contributed by atoms with van der Waals surface area (Å²) in [4.78, 5) is 6.35. The van der Waals surface area contributed by atoms with Crippen LogP contribution in [0, 0.1) is 0 Å². The summed E-state index contributed by atoms with van der Waals surface area (Å²) in [5.41, 5.74) is 6.87. The predicted octanol–water partition coefficient (Wildman–Crippen LogP) is 3.45. The molecule has 0 fully saturated rings. The maximum atomic E-state index is 5.71. The molecule has 0 aliphatic carbocycles. The molecule has 0 bridgehead atoms. The van der Waals surface area contributed by atoms with Crippen molar-refractivity contribution < 1.29 is 0 Å². The van der Waals surface area contributed by atoms with Gasteiger partial charge in [-0.1, -0.05) is 33.8 Å². The lowest BCUT2D eigenvalue weighted by Crippen LogP contribution is -1.97. The first-order valence-corrected chi connectivity index (χ1v) is 6.47. The minimum atomic E-state index is 0.556. The molecule has 0 unspecified atom stereocenters. The van der Waals surface area contributed by atoms with Gasteiger partial charge in [0.2, 0.25) is 0 Å². The quantitative estimate of drug-likeness (QED) is 0.942. The summed E-state index contributed by atoms with van der Waals surface area (Å²) in [6, 6.07) is 10.1. The van der Waals surface area contributed by atoms with Crippen LogP contribution in [-0.2, 0) is 6.54 Å². The van der Waals surface area contributed by atoms with Crippen molar-refractivity contribution in [2.75, 3.05) is 0 Å². The Hall–Kier alpha value is -0.840. The summed E-state index contributed by atoms with van der Waals surface area (Å²) in [5, 5.41) is 0. The molecule has 1 heterocycles. The average molecular weight is 295 g/mol. The summed E-state index contributed by atoms with van der Waals surface area (Å²) >= 11 is 5.18. The maximum absolute atomic E-state index is 5.71. The Kier molecular flexibility index (Phi) is 3.98. The summed E-state index contributed by atoms with van der Waals surface area (Å²) in [6.07, 6.45) is 3.59. The van der Waals surface area contributed by atoms with Crippen LogP contribution in [0.1, 0.15) is 5.56 Å². The Labute approximate surface area is 107 Å². The van der Waals surface area contributed by atoms with E-state index in [2.05, 4.69) is 27.0 Å². The average Bonchev–Trinajstić information content (AvgIpc) is 2.31. The van der Waals surface area contributed by atoms with Gasteiger partial charge in [0, 0.05) is 33.2 Å². The molecule has 82 valence electrons. The van der Waals surface area contributed by atoms with Crippen molar-refractivity contribution in [2.24, 2.45) is 5.73 Å². The highest BCUT2D eigenvalue weighted by Gasteiger charge is 2.03. The lowest BCUT2D eigenvalue weighted by atomic mass is 10.2. The highest BCUT2D eigenvalue weighted by Crippen LogP contribution is 2.31. The number of pyridine rings is 1. The van der Waals surface area contributed by atoms with Crippen LogP contribution in [0.4, 0.5) is 0 Å². The largest absolute Gasteiger partial charge is 0.326 e. The van der Waals surface area contributed by atoms with Crippen LogP contribution in [-0.4, -0.2) is 4.98 Å². The van der Waals surface area contributed by atoms with Crippen LogP contribution in [0.2, 0.25) is 0 Å². The molecule has 4 heteroatoms. The van der Waals surface area contributed by atoms with E-state index in [9.17, 15) is 0 Å². The van der Waals surface area contributed by atoms with E-state index in [0.717, 1.165) is 10.0 Å². The second-order valence-corrected chi connectivity index (χ2v) is 5.27. The molecule has 2 nitrogen and oxygen atoms in total. The summed E-state index contributed by atoms with van der Waals surface area (Å²) in [7, 11) is 0. The second-order valence-electron chi connectivity index (χ2n) is 3.24. The van der Waals surface area contributed by atoms with E-state index in [-0.39, 0.29) is 0 Å². The number of benzene rings is 1. The number of hydrogen-bond donors (Lipinski definition) is 1. The molecule has 1 aromatic heterocycles. The highest BCUT2D eigenvalue weighted by atomic mass is 79.9. The van der Waals surface area contributed by atoms with Gasteiger partial charge < -0.3 is 5.73 Å². The third-order valence-electron chi connectivity index (χ3n) is 2.13. The number of hydrogen-bond acceptors (Lipinski definition) is 3. The molecule has 16 heavy (non-hydrogen) atoms. The Bertz CT molecular complexity index is 474. The molecule has 0 radical (unpaired) electrons. The highest BCUT2D eigenvalue weighted by molar-refractivity contribution is 9.10. The molecule has 0 saturated heterocycles. The van der Waals surface area contributed by atoms with E-state index in [1.807, 2.05) is 24.3 Å². The molecule has 0 aliphatic heterocycles. The number of halogens is 1. The van der Waals surface area contributed by atoms with Crippen molar-refractivity contribution in [3.63, 3.8) is 0 Å². The van der Waals surface area contributed by atoms with Crippen LogP contribution in [0.5, 0.6) is 0 Å². The lowest BCUT2D eigenvalue weighted by Gasteiger charge is -2.07. The molecular formula is C12H11BrN2S. The molecule has 0 aliphatic rings. The molecule has 0 amide bonds. The first-order valence-electron chi connectivity index (χ1n) is 4.86. The van der Waals surface area contributed by atoms with Crippen molar-refractivity contribution in [1.82, 2.24) is 4.98 Å². The molecule has 0 atom stereocenters. The van der Waals surface area contributed by atoms with E-state index in [1.54, 1.807) is 24.2 Å². The molecule has 1 aromatic carbocycles. The van der Waals surface area contributed by atoms with Gasteiger partial charge in [-0.05, 0) is 29.8 Å². The normalized spacial score (nSPS) is 10.4. The summed E-state index contributed by atoms with van der Waals surface area (Å²) in [6.45, 7) is 0.556. The zero-order chi connectivity index (χ0) is 11.4. The zero-order valence-corrected chi connectivity index (χ0v) is 11.0. The van der Waals surface area contributed by atoms with Crippen molar-refractivity contribution in [1.29, 1.82) is 0 Å². The third kappa shape index (κ3) is 2.84. The van der Waals surface area contributed by atoms with Gasteiger partial charge in [-0.25, -0.2) is 0 Å². The first kappa shape index (κ1) is 11.6. The van der Waals surface area contributed by atoms with Crippen molar-refractivity contribution in [3.05, 3.63) is 52.8 Å². The fraction of sp³-hybridized carbons (Fsp3) is 0.0833. The lowest BCUT2D eigenvalue weighted by molar-refractivity contribution is 1.02. The van der Waals surface area contributed by atoms with Gasteiger partial charge in [-0.15, -0.1) is 0 Å². The van der Waals surface area contributed by atoms with E-state index in [4.69, 9.17) is 5.73 Å². The zero-order valence-electron chi connectivity index (χ0n) is 8.56. The molecule has 0 spiro atoms. The van der Waals surface area contributed by atoms with E-state index in [1.165, 1.54) is 9.79 Å². The standard InChI is InChI=1S/C12H11BrN2S/c13-10-2-1-9(8-14)12(7-10)16-11-3-5-15-6-4-11/h1-7H,8,14H2. The minimum absolute atomic E-state index is 0.556. The predicted molar refractivity (Wildman–Crippen MR) is 70.4 cm³/mol. The number of nitrogens with two attached hydrogens (primary N) is 1. The summed E-state index contributed by atoms with van der Waals surface area (Å²) in [5.74, 6) is 0. The van der Waals surface area contributed by atoms with Crippen molar-refractivity contribution >= 4 is 27.7 Å². The van der Waals surface area contributed by atoms with E-state index in [0.29, 0.717) is 6.54 Å². The SMILES string of the molecule is NCc1ccc(Br)cc1Sc1ccncc1. The van der Waals surface area contributed by atoms with Crippen LogP contribution >= 0.6 is 27.7 Å². The monoisotopic (exact) mass is 294 g/mol. The van der Waals surface area contributed by atoms with Gasteiger partial charge in [0.05, 0.1) is 0 Å². The Morgan fingerprint density at radius 1 is 1.19 bits per heavy atom. The Morgan fingerprint density at radius 2 is 1.94 bits per heavy atom. The van der Waals surface area contributed by atoms with Crippen LogP contribution in [0.15, 0.2) is 57.0 Å². The molecule has 2 rings (SSSR count). The van der Waals surface area contributed by atoms with E-state index >= 15 is 0 Å². The van der Waals surface area contributed by atoms with Crippen LogP contribution < -0.4 is 5.73 Å². The number of rotatable bonds is 3. The van der Waals surface area contributed by atoms with Gasteiger partial charge in [-0.3, -0.25) is 4.98 Å². The fourth-order valence-electron chi connectivity index (χ4n) is 1.33. The van der Waals surface area contributed by atoms with Gasteiger partial charge in [-0.2, -0.15) is 0 Å². The third-order valence-corrected chi connectivity index (χ3v) is 3.73.